The quantitative estimate of drug-likeness (QED) is 0.472. The molecule has 0 heterocycles. The molecule has 0 N–H and O–H groups in total. The molecule has 0 atom stereocenters. The maximum Gasteiger partial charge on any atom is 0.353 e. The molecule has 0 saturated heterocycles. The number of hydrogen-bond donors (Lipinski definition) is 0. The second kappa shape index (κ2) is 7.31. The zero-order valence-corrected chi connectivity index (χ0v) is 9.55. The van der Waals surface area contributed by atoms with E-state index in [9.17, 15) is 4.57 Å². The molecule has 0 aromatic rings. The predicted octanol–water partition coefficient (Wildman–Crippen LogP) is 3.57. The normalized spacial score (nSPS) is 12.5. The molecule has 0 saturated carbocycles. The molecule has 0 rings (SSSR count). The van der Waals surface area contributed by atoms with Crippen LogP contribution in [0.2, 0.25) is 0 Å². The van der Waals surface area contributed by atoms with E-state index in [1.807, 2.05) is 6.08 Å². The van der Waals surface area contributed by atoms with Gasteiger partial charge >= 0.3 is 7.60 Å². The van der Waals surface area contributed by atoms with Gasteiger partial charge in [0.2, 0.25) is 0 Å². The van der Waals surface area contributed by atoms with Crippen LogP contribution in [0.1, 0.15) is 32.6 Å². The van der Waals surface area contributed by atoms with Crippen molar-refractivity contribution < 1.29 is 13.6 Å². The summed E-state index contributed by atoms with van der Waals surface area (Å²) in [6, 6.07) is 0. The second-order valence-electron chi connectivity index (χ2n) is 2.79. The second-order valence-corrected chi connectivity index (χ2v) is 4.89. The lowest BCUT2D eigenvalue weighted by Crippen LogP contribution is -1.83. The Balaban J connectivity index is 3.75. The van der Waals surface area contributed by atoms with Gasteiger partial charge in [-0.25, -0.2) is 0 Å². The van der Waals surface area contributed by atoms with Crippen LogP contribution >= 0.6 is 7.60 Å². The topological polar surface area (TPSA) is 35.5 Å². The highest BCUT2D eigenvalue weighted by atomic mass is 31.2. The molecule has 0 aliphatic carbocycles. The van der Waals surface area contributed by atoms with Crippen LogP contribution in [0.15, 0.2) is 11.9 Å². The summed E-state index contributed by atoms with van der Waals surface area (Å²) in [5.74, 6) is 1.53. The average molecular weight is 206 g/mol. The fourth-order valence-corrected chi connectivity index (χ4v) is 1.71. The summed E-state index contributed by atoms with van der Waals surface area (Å²) in [5.41, 5.74) is 0. The third kappa shape index (κ3) is 6.03. The van der Waals surface area contributed by atoms with Crippen molar-refractivity contribution in [3.05, 3.63) is 11.9 Å². The molecule has 0 spiro atoms. The van der Waals surface area contributed by atoms with E-state index in [0.717, 1.165) is 12.8 Å². The van der Waals surface area contributed by atoms with Gasteiger partial charge in [0.05, 0.1) is 0 Å². The molecular formula is C9H19O3P. The lowest BCUT2D eigenvalue weighted by Gasteiger charge is -2.07. The van der Waals surface area contributed by atoms with Crippen molar-refractivity contribution in [2.75, 3.05) is 14.2 Å². The number of hydrogen-bond acceptors (Lipinski definition) is 3. The molecule has 0 radical (unpaired) electrons. The van der Waals surface area contributed by atoms with E-state index in [2.05, 4.69) is 6.92 Å². The Morgan fingerprint density at radius 3 is 2.31 bits per heavy atom. The highest BCUT2D eigenvalue weighted by molar-refractivity contribution is 7.57. The lowest BCUT2D eigenvalue weighted by molar-refractivity contribution is 0.286. The smallest absolute Gasteiger partial charge is 0.309 e. The summed E-state index contributed by atoms with van der Waals surface area (Å²) in [6.07, 6.45) is 6.32. The molecule has 78 valence electrons. The fraction of sp³-hybridized carbons (Fsp3) is 0.778. The van der Waals surface area contributed by atoms with Crippen LogP contribution in [0.5, 0.6) is 0 Å². The highest BCUT2D eigenvalue weighted by Crippen LogP contribution is 2.47. The highest BCUT2D eigenvalue weighted by Gasteiger charge is 2.14. The van der Waals surface area contributed by atoms with Gasteiger partial charge in [-0.15, -0.1) is 0 Å². The van der Waals surface area contributed by atoms with Crippen LogP contribution in [0.4, 0.5) is 0 Å². The third-order valence-electron chi connectivity index (χ3n) is 1.77. The van der Waals surface area contributed by atoms with Crippen LogP contribution in [0, 0.1) is 0 Å². The van der Waals surface area contributed by atoms with Crippen molar-refractivity contribution in [3.63, 3.8) is 0 Å². The molecule has 3 nitrogen and oxygen atoms in total. The molecule has 0 bridgehead atoms. The van der Waals surface area contributed by atoms with Gasteiger partial charge in [-0.2, -0.15) is 0 Å². The summed E-state index contributed by atoms with van der Waals surface area (Å²) in [5, 5.41) is 0. The Morgan fingerprint density at radius 1 is 1.23 bits per heavy atom. The Hall–Kier alpha value is -0.110. The first kappa shape index (κ1) is 12.9. The molecule has 0 aromatic carbocycles. The van der Waals surface area contributed by atoms with Crippen molar-refractivity contribution >= 4 is 7.60 Å². The molecule has 4 heteroatoms. The molecule has 0 amide bonds. The maximum atomic E-state index is 11.5. The minimum atomic E-state index is -2.91. The van der Waals surface area contributed by atoms with E-state index < -0.39 is 7.60 Å². The molecule has 0 aliphatic heterocycles. The zero-order chi connectivity index (χ0) is 10.2. The summed E-state index contributed by atoms with van der Waals surface area (Å²) >= 11 is 0. The van der Waals surface area contributed by atoms with E-state index in [1.165, 1.54) is 32.9 Å². The Morgan fingerprint density at radius 2 is 1.85 bits per heavy atom. The van der Waals surface area contributed by atoms with Crippen LogP contribution < -0.4 is 0 Å². The monoisotopic (exact) mass is 206 g/mol. The number of rotatable bonds is 7. The number of unbranched alkanes of at least 4 members (excludes halogenated alkanes) is 3. The minimum Gasteiger partial charge on any atom is -0.309 e. The maximum absolute atomic E-state index is 11.5. The predicted molar refractivity (Wildman–Crippen MR) is 54.9 cm³/mol. The molecular weight excluding hydrogens is 187 g/mol. The molecule has 0 aliphatic rings. The van der Waals surface area contributed by atoms with Gasteiger partial charge in [-0.3, -0.25) is 4.57 Å². The van der Waals surface area contributed by atoms with E-state index in [4.69, 9.17) is 9.05 Å². The Bertz CT molecular complexity index is 181. The summed E-state index contributed by atoms with van der Waals surface area (Å²) in [7, 11) is -0.131. The standard InChI is InChI=1S/C9H19O3P/c1-4-5-6-7-8-9-13(10,11-2)12-3/h8-9H,4-7H2,1-3H3/b9-8+. The SMILES string of the molecule is CCCCC/C=C/P(=O)(OC)OC. The van der Waals surface area contributed by atoms with Gasteiger partial charge in [0.15, 0.2) is 0 Å². The molecule has 0 unspecified atom stereocenters. The van der Waals surface area contributed by atoms with Gasteiger partial charge in [0.25, 0.3) is 0 Å². The van der Waals surface area contributed by atoms with Gasteiger partial charge in [-0.1, -0.05) is 25.8 Å². The first-order chi connectivity index (χ1) is 6.18. The Kier molecular flexibility index (Phi) is 7.25. The van der Waals surface area contributed by atoms with Crippen LogP contribution in [0.3, 0.4) is 0 Å². The number of allylic oxidation sites excluding steroid dienone is 1. The Labute approximate surface area is 80.7 Å². The van der Waals surface area contributed by atoms with Crippen molar-refractivity contribution in [2.24, 2.45) is 0 Å². The largest absolute Gasteiger partial charge is 0.353 e. The van der Waals surface area contributed by atoms with Crippen molar-refractivity contribution in [2.45, 2.75) is 32.6 Å². The van der Waals surface area contributed by atoms with Gasteiger partial charge < -0.3 is 9.05 Å². The average Bonchev–Trinajstić information content (AvgIpc) is 2.17. The van der Waals surface area contributed by atoms with Crippen LogP contribution in [-0.2, 0) is 13.6 Å². The van der Waals surface area contributed by atoms with Crippen molar-refractivity contribution in [1.82, 2.24) is 0 Å². The minimum absolute atomic E-state index is 0.935. The summed E-state index contributed by atoms with van der Waals surface area (Å²) in [6.45, 7) is 2.15. The molecule has 0 aromatic heterocycles. The van der Waals surface area contributed by atoms with Gasteiger partial charge in [0, 0.05) is 20.0 Å². The van der Waals surface area contributed by atoms with E-state index in [1.54, 1.807) is 0 Å². The summed E-state index contributed by atoms with van der Waals surface area (Å²) < 4.78 is 20.9. The van der Waals surface area contributed by atoms with E-state index in [-0.39, 0.29) is 0 Å². The first-order valence-electron chi connectivity index (χ1n) is 4.57. The van der Waals surface area contributed by atoms with Gasteiger partial charge in [-0.05, 0) is 12.8 Å². The fourth-order valence-electron chi connectivity index (χ4n) is 0.912. The van der Waals surface area contributed by atoms with Crippen LogP contribution in [-0.4, -0.2) is 14.2 Å². The van der Waals surface area contributed by atoms with Crippen molar-refractivity contribution in [1.29, 1.82) is 0 Å². The third-order valence-corrected chi connectivity index (χ3v) is 3.37. The molecule has 0 fully saturated rings. The zero-order valence-electron chi connectivity index (χ0n) is 8.66. The van der Waals surface area contributed by atoms with Crippen LogP contribution in [0.25, 0.3) is 0 Å². The van der Waals surface area contributed by atoms with E-state index >= 15 is 0 Å². The lowest BCUT2D eigenvalue weighted by atomic mass is 10.2. The van der Waals surface area contributed by atoms with Crippen molar-refractivity contribution in [3.8, 4) is 0 Å². The molecule has 13 heavy (non-hydrogen) atoms. The van der Waals surface area contributed by atoms with Gasteiger partial charge in [0.1, 0.15) is 0 Å². The first-order valence-corrected chi connectivity index (χ1v) is 6.18. The summed E-state index contributed by atoms with van der Waals surface area (Å²) in [4.78, 5) is 0. The van der Waals surface area contributed by atoms with E-state index in [0.29, 0.717) is 0 Å².